The minimum atomic E-state index is 0.0531. The van der Waals surface area contributed by atoms with Gasteiger partial charge in [0.1, 0.15) is 0 Å². The van der Waals surface area contributed by atoms with Crippen LogP contribution in [0.4, 0.5) is 0 Å². The van der Waals surface area contributed by atoms with Crippen LogP contribution < -0.4 is 16.4 Å². The van der Waals surface area contributed by atoms with Crippen LogP contribution in [0.1, 0.15) is 25.7 Å². The fourth-order valence-corrected chi connectivity index (χ4v) is 1.64. The highest BCUT2D eigenvalue weighted by atomic mass is 16.1. The number of rotatable bonds is 5. The zero-order valence-electron chi connectivity index (χ0n) is 8.01. The number of carbonyl (C=O) groups excluding carboxylic acids is 1. The fraction of sp³-hybridized carbons (Fsp3) is 0.889. The fourth-order valence-electron chi connectivity index (χ4n) is 1.64. The molecule has 4 N–H and O–H groups in total. The van der Waals surface area contributed by atoms with Crippen LogP contribution in [0.5, 0.6) is 0 Å². The van der Waals surface area contributed by atoms with Crippen molar-refractivity contribution in [3.63, 3.8) is 0 Å². The van der Waals surface area contributed by atoms with E-state index in [4.69, 9.17) is 5.73 Å². The Morgan fingerprint density at radius 1 is 1.38 bits per heavy atom. The van der Waals surface area contributed by atoms with Gasteiger partial charge < -0.3 is 16.4 Å². The molecule has 0 unspecified atom stereocenters. The SMILES string of the molecule is NCCNC(=O)CNC1CCCC1. The van der Waals surface area contributed by atoms with Gasteiger partial charge in [0, 0.05) is 19.1 Å². The van der Waals surface area contributed by atoms with Gasteiger partial charge in [-0.3, -0.25) is 4.79 Å². The Kier molecular flexibility index (Phi) is 4.78. The number of carbonyl (C=O) groups is 1. The molecule has 0 bridgehead atoms. The normalized spacial score (nSPS) is 17.6. The van der Waals surface area contributed by atoms with Crippen LogP contribution in [-0.4, -0.2) is 31.6 Å². The third-order valence-electron chi connectivity index (χ3n) is 2.37. The molecule has 0 aliphatic heterocycles. The zero-order chi connectivity index (χ0) is 9.52. The van der Waals surface area contributed by atoms with Crippen molar-refractivity contribution in [2.45, 2.75) is 31.7 Å². The molecule has 4 nitrogen and oxygen atoms in total. The van der Waals surface area contributed by atoms with Gasteiger partial charge in [0.15, 0.2) is 0 Å². The van der Waals surface area contributed by atoms with Crippen molar-refractivity contribution >= 4 is 5.91 Å². The summed E-state index contributed by atoms with van der Waals surface area (Å²) in [7, 11) is 0. The summed E-state index contributed by atoms with van der Waals surface area (Å²) in [5, 5.41) is 5.97. The first-order chi connectivity index (χ1) is 6.33. The lowest BCUT2D eigenvalue weighted by Crippen LogP contribution is -2.39. The first-order valence-electron chi connectivity index (χ1n) is 5.03. The summed E-state index contributed by atoms with van der Waals surface area (Å²) in [5.41, 5.74) is 5.26. The standard InChI is InChI=1S/C9H19N3O/c10-5-6-11-9(13)7-12-8-3-1-2-4-8/h8,12H,1-7,10H2,(H,11,13). The lowest BCUT2D eigenvalue weighted by Gasteiger charge is -2.11. The van der Waals surface area contributed by atoms with Gasteiger partial charge in [0.2, 0.25) is 5.91 Å². The molecule has 0 aromatic rings. The molecule has 0 aromatic heterocycles. The molecule has 13 heavy (non-hydrogen) atoms. The molecule has 0 aromatic carbocycles. The molecule has 0 heterocycles. The van der Waals surface area contributed by atoms with Crippen molar-refractivity contribution in [2.24, 2.45) is 5.73 Å². The van der Waals surface area contributed by atoms with Crippen LogP contribution in [0.2, 0.25) is 0 Å². The predicted molar refractivity (Wildman–Crippen MR) is 52.3 cm³/mol. The molecule has 0 spiro atoms. The molecule has 0 atom stereocenters. The summed E-state index contributed by atoms with van der Waals surface area (Å²) < 4.78 is 0. The summed E-state index contributed by atoms with van der Waals surface area (Å²) >= 11 is 0. The second-order valence-electron chi connectivity index (χ2n) is 3.50. The Morgan fingerprint density at radius 3 is 2.69 bits per heavy atom. The second kappa shape index (κ2) is 5.94. The minimum Gasteiger partial charge on any atom is -0.354 e. The van der Waals surface area contributed by atoms with Crippen LogP contribution in [0, 0.1) is 0 Å². The lowest BCUT2D eigenvalue weighted by molar-refractivity contribution is -0.120. The van der Waals surface area contributed by atoms with Crippen molar-refractivity contribution in [3.05, 3.63) is 0 Å². The van der Waals surface area contributed by atoms with Gasteiger partial charge in [-0.25, -0.2) is 0 Å². The Bertz CT molecular complexity index is 155. The van der Waals surface area contributed by atoms with Gasteiger partial charge in [-0.1, -0.05) is 12.8 Å². The van der Waals surface area contributed by atoms with Gasteiger partial charge in [-0.05, 0) is 12.8 Å². The van der Waals surface area contributed by atoms with E-state index in [1.807, 2.05) is 0 Å². The Hall–Kier alpha value is -0.610. The van der Waals surface area contributed by atoms with E-state index in [1.54, 1.807) is 0 Å². The second-order valence-corrected chi connectivity index (χ2v) is 3.50. The molecule has 76 valence electrons. The van der Waals surface area contributed by atoms with Crippen LogP contribution in [-0.2, 0) is 4.79 Å². The first-order valence-corrected chi connectivity index (χ1v) is 5.03. The van der Waals surface area contributed by atoms with Crippen molar-refractivity contribution in [2.75, 3.05) is 19.6 Å². The molecule has 1 rings (SSSR count). The van der Waals surface area contributed by atoms with Crippen LogP contribution in [0.3, 0.4) is 0 Å². The Morgan fingerprint density at radius 2 is 2.08 bits per heavy atom. The number of amides is 1. The molecular formula is C9H19N3O. The first kappa shape index (κ1) is 10.5. The molecule has 0 saturated heterocycles. The highest BCUT2D eigenvalue weighted by Gasteiger charge is 2.14. The van der Waals surface area contributed by atoms with Gasteiger partial charge in [-0.15, -0.1) is 0 Å². The van der Waals surface area contributed by atoms with E-state index in [0.29, 0.717) is 25.7 Å². The number of nitrogens with two attached hydrogens (primary N) is 1. The Balaban J connectivity index is 2.00. The molecule has 1 fully saturated rings. The highest BCUT2D eigenvalue weighted by molar-refractivity contribution is 5.77. The molecule has 1 aliphatic rings. The van der Waals surface area contributed by atoms with E-state index in [9.17, 15) is 4.79 Å². The predicted octanol–water partition coefficient (Wildman–Crippen LogP) is -0.407. The van der Waals surface area contributed by atoms with E-state index in [0.717, 1.165) is 0 Å². The number of nitrogens with one attached hydrogen (secondary N) is 2. The van der Waals surface area contributed by atoms with Crippen molar-refractivity contribution in [3.8, 4) is 0 Å². The van der Waals surface area contributed by atoms with Crippen molar-refractivity contribution in [1.82, 2.24) is 10.6 Å². The van der Waals surface area contributed by atoms with E-state index in [2.05, 4.69) is 10.6 Å². The zero-order valence-corrected chi connectivity index (χ0v) is 8.01. The quantitative estimate of drug-likeness (QED) is 0.545. The van der Waals surface area contributed by atoms with Crippen LogP contribution >= 0.6 is 0 Å². The van der Waals surface area contributed by atoms with E-state index in [-0.39, 0.29) is 5.91 Å². The average Bonchev–Trinajstić information content (AvgIpc) is 2.64. The topological polar surface area (TPSA) is 67.1 Å². The van der Waals surface area contributed by atoms with E-state index in [1.165, 1.54) is 25.7 Å². The minimum absolute atomic E-state index is 0.0531. The molecule has 4 heteroatoms. The van der Waals surface area contributed by atoms with E-state index >= 15 is 0 Å². The average molecular weight is 185 g/mol. The highest BCUT2D eigenvalue weighted by Crippen LogP contribution is 2.16. The maximum atomic E-state index is 11.1. The maximum Gasteiger partial charge on any atom is 0.234 e. The summed E-state index contributed by atoms with van der Waals surface area (Å²) in [4.78, 5) is 11.1. The summed E-state index contributed by atoms with van der Waals surface area (Å²) in [6, 6.07) is 0.559. The van der Waals surface area contributed by atoms with Crippen LogP contribution in [0.15, 0.2) is 0 Å². The molecule has 1 amide bonds. The van der Waals surface area contributed by atoms with Crippen molar-refractivity contribution < 1.29 is 4.79 Å². The molecular weight excluding hydrogens is 166 g/mol. The Labute approximate surface area is 79.3 Å². The van der Waals surface area contributed by atoms with Crippen molar-refractivity contribution in [1.29, 1.82) is 0 Å². The maximum absolute atomic E-state index is 11.1. The summed E-state index contributed by atoms with van der Waals surface area (Å²) in [6.07, 6.45) is 5.01. The van der Waals surface area contributed by atoms with Gasteiger partial charge >= 0.3 is 0 Å². The van der Waals surface area contributed by atoms with E-state index < -0.39 is 0 Å². The number of hydrogen-bond donors (Lipinski definition) is 3. The lowest BCUT2D eigenvalue weighted by atomic mass is 10.2. The van der Waals surface area contributed by atoms with Gasteiger partial charge in [-0.2, -0.15) is 0 Å². The number of hydrogen-bond acceptors (Lipinski definition) is 3. The van der Waals surface area contributed by atoms with Gasteiger partial charge in [0.05, 0.1) is 6.54 Å². The largest absolute Gasteiger partial charge is 0.354 e. The monoisotopic (exact) mass is 185 g/mol. The smallest absolute Gasteiger partial charge is 0.234 e. The van der Waals surface area contributed by atoms with Gasteiger partial charge in [0.25, 0.3) is 0 Å². The third kappa shape index (κ3) is 4.24. The summed E-state index contributed by atoms with van der Waals surface area (Å²) in [6.45, 7) is 1.52. The third-order valence-corrected chi connectivity index (χ3v) is 2.37. The molecule has 1 aliphatic carbocycles. The molecule has 0 radical (unpaired) electrons. The molecule has 1 saturated carbocycles. The summed E-state index contributed by atoms with van der Waals surface area (Å²) in [5.74, 6) is 0.0531. The van der Waals surface area contributed by atoms with Crippen LogP contribution in [0.25, 0.3) is 0 Å².